The third-order valence-electron chi connectivity index (χ3n) is 3.23. The molecule has 21 heavy (non-hydrogen) atoms. The lowest BCUT2D eigenvalue weighted by atomic mass is 9.84. The van der Waals surface area contributed by atoms with E-state index in [1.54, 1.807) is 0 Å². The lowest BCUT2D eigenvalue weighted by Crippen LogP contribution is -2.14. The van der Waals surface area contributed by atoms with Crippen LogP contribution in [0.5, 0.6) is 5.75 Å². The largest absolute Gasteiger partial charge is 0.490 e. The number of benzene rings is 1. The van der Waals surface area contributed by atoms with Crippen LogP contribution in [0.1, 0.15) is 49.2 Å². The quantitative estimate of drug-likeness (QED) is 0.413. The molecule has 0 aliphatic rings. The summed E-state index contributed by atoms with van der Waals surface area (Å²) < 4.78 is 11.1. The van der Waals surface area contributed by atoms with Crippen LogP contribution in [0.2, 0.25) is 0 Å². The van der Waals surface area contributed by atoms with Gasteiger partial charge >= 0.3 is 0 Å². The third-order valence-corrected chi connectivity index (χ3v) is 3.23. The number of allylic oxidation sites excluding steroid dienone is 1. The Morgan fingerprint density at radius 1 is 1.24 bits per heavy atom. The first-order valence-corrected chi connectivity index (χ1v) is 7.38. The molecule has 3 nitrogen and oxygen atoms in total. The molecule has 0 bridgehead atoms. The smallest absolute Gasteiger partial charge is 0.153 e. The fraction of sp³-hybridized carbons (Fsp3) is 0.500. The molecular weight excluding hydrogens is 264 g/mol. The number of rotatable bonds is 8. The lowest BCUT2D eigenvalue weighted by molar-refractivity contribution is 0.106. The van der Waals surface area contributed by atoms with Crippen LogP contribution in [-0.2, 0) is 16.6 Å². The van der Waals surface area contributed by atoms with Gasteiger partial charge in [-0.2, -0.15) is 0 Å². The highest BCUT2D eigenvalue weighted by atomic mass is 16.5. The molecule has 0 atom stereocenters. The Morgan fingerprint density at radius 3 is 2.48 bits per heavy atom. The van der Waals surface area contributed by atoms with Crippen molar-refractivity contribution in [2.45, 2.75) is 39.5 Å². The van der Waals surface area contributed by atoms with Gasteiger partial charge in [0.25, 0.3) is 0 Å². The van der Waals surface area contributed by atoms with Crippen LogP contribution in [0.15, 0.2) is 24.8 Å². The molecule has 0 aromatic heterocycles. The fourth-order valence-corrected chi connectivity index (χ4v) is 2.06. The monoisotopic (exact) mass is 290 g/mol. The molecule has 0 fully saturated rings. The molecule has 1 rings (SSSR count). The van der Waals surface area contributed by atoms with Crippen molar-refractivity contribution in [1.29, 1.82) is 0 Å². The van der Waals surface area contributed by atoms with E-state index in [4.69, 9.17) is 9.47 Å². The number of hydrogen-bond acceptors (Lipinski definition) is 3. The van der Waals surface area contributed by atoms with E-state index in [0.29, 0.717) is 37.6 Å². The average Bonchev–Trinajstić information content (AvgIpc) is 2.43. The summed E-state index contributed by atoms with van der Waals surface area (Å²) in [6.45, 7) is 13.7. The molecule has 0 amide bonds. The zero-order valence-corrected chi connectivity index (χ0v) is 13.6. The molecular formula is C18H26O3. The topological polar surface area (TPSA) is 35.5 Å². The predicted molar refractivity (Wildman–Crippen MR) is 86.4 cm³/mol. The van der Waals surface area contributed by atoms with Gasteiger partial charge in [-0.1, -0.05) is 32.9 Å². The Balaban J connectivity index is 3.13. The van der Waals surface area contributed by atoms with Gasteiger partial charge in [-0.15, -0.1) is 6.58 Å². The molecule has 0 aliphatic heterocycles. The molecule has 0 N–H and O–H groups in total. The third kappa shape index (κ3) is 5.01. The van der Waals surface area contributed by atoms with Crippen molar-refractivity contribution in [2.24, 2.45) is 0 Å². The number of ether oxygens (including phenoxy) is 2. The second-order valence-corrected chi connectivity index (χ2v) is 5.96. The van der Waals surface area contributed by atoms with Crippen LogP contribution in [-0.4, -0.2) is 26.1 Å². The highest BCUT2D eigenvalue weighted by molar-refractivity contribution is 5.81. The van der Waals surface area contributed by atoms with Gasteiger partial charge in [0.05, 0.1) is 12.2 Å². The molecule has 1 aromatic carbocycles. The maximum atomic E-state index is 11.4. The number of aldehydes is 1. The average molecular weight is 290 g/mol. The minimum Gasteiger partial charge on any atom is -0.490 e. The van der Waals surface area contributed by atoms with Gasteiger partial charge in [-0.25, -0.2) is 0 Å². The molecule has 116 valence electrons. The maximum absolute atomic E-state index is 11.4. The van der Waals surface area contributed by atoms with E-state index in [0.717, 1.165) is 17.4 Å². The van der Waals surface area contributed by atoms with Gasteiger partial charge in [-0.05, 0) is 36.0 Å². The summed E-state index contributed by atoms with van der Waals surface area (Å²) in [6.07, 6.45) is 3.36. The normalized spacial score (nSPS) is 11.2. The van der Waals surface area contributed by atoms with Gasteiger partial charge in [0.1, 0.15) is 12.4 Å². The Hall–Kier alpha value is -1.61. The van der Waals surface area contributed by atoms with Crippen LogP contribution < -0.4 is 4.74 Å². The van der Waals surface area contributed by atoms with Crippen molar-refractivity contribution in [2.75, 3.05) is 19.8 Å². The molecule has 0 heterocycles. The van der Waals surface area contributed by atoms with E-state index in [2.05, 4.69) is 33.4 Å². The lowest BCUT2D eigenvalue weighted by Gasteiger charge is -2.22. The summed E-state index contributed by atoms with van der Waals surface area (Å²) in [5.74, 6) is 0.651. The Kier molecular flexibility index (Phi) is 6.63. The Bertz CT molecular complexity index is 484. The zero-order chi connectivity index (χ0) is 15.9. The van der Waals surface area contributed by atoms with Crippen LogP contribution in [0.3, 0.4) is 0 Å². The fourth-order valence-electron chi connectivity index (χ4n) is 2.06. The summed E-state index contributed by atoms with van der Waals surface area (Å²) in [6, 6.07) is 4.01. The molecule has 0 radical (unpaired) electrons. The maximum Gasteiger partial charge on any atom is 0.153 e. The molecule has 0 saturated heterocycles. The second kappa shape index (κ2) is 7.99. The summed E-state index contributed by atoms with van der Waals surface area (Å²) in [4.78, 5) is 11.4. The van der Waals surface area contributed by atoms with Gasteiger partial charge < -0.3 is 9.47 Å². The first-order chi connectivity index (χ1) is 9.93. The first-order valence-electron chi connectivity index (χ1n) is 7.38. The molecule has 3 heteroatoms. The van der Waals surface area contributed by atoms with Gasteiger partial charge in [0, 0.05) is 6.61 Å². The van der Waals surface area contributed by atoms with Crippen molar-refractivity contribution in [3.63, 3.8) is 0 Å². The summed E-state index contributed by atoms with van der Waals surface area (Å²) in [5.41, 5.74) is 2.70. The van der Waals surface area contributed by atoms with Crippen LogP contribution >= 0.6 is 0 Å². The minimum atomic E-state index is -0.0163. The van der Waals surface area contributed by atoms with Crippen LogP contribution in [0.25, 0.3) is 0 Å². The van der Waals surface area contributed by atoms with Crippen molar-refractivity contribution >= 4 is 6.29 Å². The zero-order valence-electron chi connectivity index (χ0n) is 13.6. The molecule has 0 aliphatic carbocycles. The van der Waals surface area contributed by atoms with Crippen LogP contribution in [0, 0.1) is 0 Å². The highest BCUT2D eigenvalue weighted by Crippen LogP contribution is 2.31. The van der Waals surface area contributed by atoms with E-state index in [1.165, 1.54) is 0 Å². The van der Waals surface area contributed by atoms with E-state index in [1.807, 2.05) is 19.1 Å². The standard InChI is InChI=1S/C18H26O3/c1-6-8-14-11-16(18(3,4)5)12-15(13-19)17(14)21-10-9-20-7-2/h6,11-13H,1,7-10H2,2-5H3. The van der Waals surface area contributed by atoms with Crippen LogP contribution in [0.4, 0.5) is 0 Å². The highest BCUT2D eigenvalue weighted by Gasteiger charge is 2.19. The Morgan fingerprint density at radius 2 is 1.95 bits per heavy atom. The van der Waals surface area contributed by atoms with Gasteiger partial charge in [0.15, 0.2) is 6.29 Å². The van der Waals surface area contributed by atoms with Crippen molar-refractivity contribution in [1.82, 2.24) is 0 Å². The van der Waals surface area contributed by atoms with E-state index >= 15 is 0 Å². The van der Waals surface area contributed by atoms with E-state index < -0.39 is 0 Å². The minimum absolute atomic E-state index is 0.0163. The summed E-state index contributed by atoms with van der Waals surface area (Å²) >= 11 is 0. The predicted octanol–water partition coefficient (Wildman–Crippen LogP) is 3.94. The first kappa shape index (κ1) is 17.4. The molecule has 0 unspecified atom stereocenters. The summed E-state index contributed by atoms with van der Waals surface area (Å²) in [5, 5.41) is 0. The van der Waals surface area contributed by atoms with E-state index in [-0.39, 0.29) is 5.41 Å². The number of carbonyl (C=O) groups excluding carboxylic acids is 1. The number of hydrogen-bond donors (Lipinski definition) is 0. The van der Waals surface area contributed by atoms with Gasteiger partial charge in [0.2, 0.25) is 0 Å². The van der Waals surface area contributed by atoms with Crippen molar-refractivity contribution in [3.8, 4) is 5.75 Å². The Labute approximate surface area is 128 Å². The summed E-state index contributed by atoms with van der Waals surface area (Å²) in [7, 11) is 0. The second-order valence-electron chi connectivity index (χ2n) is 5.96. The van der Waals surface area contributed by atoms with E-state index in [9.17, 15) is 4.79 Å². The molecule has 0 spiro atoms. The SMILES string of the molecule is C=CCc1cc(C(C)(C)C)cc(C=O)c1OCCOCC. The van der Waals surface area contributed by atoms with Gasteiger partial charge in [-0.3, -0.25) is 4.79 Å². The molecule has 0 saturated carbocycles. The molecule has 1 aromatic rings. The van der Waals surface area contributed by atoms with Crippen molar-refractivity contribution < 1.29 is 14.3 Å². The number of carbonyl (C=O) groups is 1. The van der Waals surface area contributed by atoms with Crippen molar-refractivity contribution in [3.05, 3.63) is 41.5 Å².